The van der Waals surface area contributed by atoms with E-state index in [1.807, 2.05) is 4.90 Å². The van der Waals surface area contributed by atoms with Gasteiger partial charge in [0.15, 0.2) is 0 Å². The molecule has 0 saturated carbocycles. The molecule has 1 heterocycles. The standard InChI is InChI=1S/C13H26N2O2/c1-4-6-14-12(11(3)5-2)9-15-7-8-17-10-13(15)16/h11-12,14H,4-10H2,1-3H3. The number of hydrogen-bond donors (Lipinski definition) is 1. The van der Waals surface area contributed by atoms with Crippen molar-refractivity contribution in [3.8, 4) is 0 Å². The van der Waals surface area contributed by atoms with Gasteiger partial charge in [0.2, 0.25) is 5.91 Å². The fourth-order valence-electron chi connectivity index (χ4n) is 2.04. The lowest BCUT2D eigenvalue weighted by Crippen LogP contribution is -2.50. The van der Waals surface area contributed by atoms with Crippen LogP contribution in [-0.2, 0) is 9.53 Å². The molecule has 2 atom stereocenters. The van der Waals surface area contributed by atoms with Crippen LogP contribution >= 0.6 is 0 Å². The van der Waals surface area contributed by atoms with Crippen molar-refractivity contribution in [2.75, 3.05) is 32.8 Å². The highest BCUT2D eigenvalue weighted by Crippen LogP contribution is 2.11. The molecule has 1 rings (SSSR count). The average molecular weight is 242 g/mol. The zero-order valence-corrected chi connectivity index (χ0v) is 11.4. The molecular weight excluding hydrogens is 216 g/mol. The quantitative estimate of drug-likeness (QED) is 0.731. The van der Waals surface area contributed by atoms with Crippen molar-refractivity contribution in [2.24, 2.45) is 5.92 Å². The molecule has 1 N–H and O–H groups in total. The molecule has 0 spiro atoms. The van der Waals surface area contributed by atoms with Crippen molar-refractivity contribution in [3.63, 3.8) is 0 Å². The van der Waals surface area contributed by atoms with E-state index in [0.717, 1.165) is 32.5 Å². The molecule has 2 unspecified atom stereocenters. The smallest absolute Gasteiger partial charge is 0.248 e. The predicted octanol–water partition coefficient (Wildman–Crippen LogP) is 1.26. The minimum Gasteiger partial charge on any atom is -0.370 e. The van der Waals surface area contributed by atoms with E-state index in [-0.39, 0.29) is 12.5 Å². The molecular formula is C13H26N2O2. The molecule has 0 aliphatic carbocycles. The van der Waals surface area contributed by atoms with Gasteiger partial charge in [-0.15, -0.1) is 0 Å². The third kappa shape index (κ3) is 4.64. The summed E-state index contributed by atoms with van der Waals surface area (Å²) in [5.41, 5.74) is 0. The Kier molecular flexibility index (Phi) is 6.52. The fourth-order valence-corrected chi connectivity index (χ4v) is 2.04. The Morgan fingerprint density at radius 3 is 2.82 bits per heavy atom. The summed E-state index contributed by atoms with van der Waals surface area (Å²) >= 11 is 0. The van der Waals surface area contributed by atoms with Crippen LogP contribution in [0.3, 0.4) is 0 Å². The number of carbonyl (C=O) groups excluding carboxylic acids is 1. The molecule has 0 radical (unpaired) electrons. The van der Waals surface area contributed by atoms with Crippen molar-refractivity contribution in [3.05, 3.63) is 0 Å². The minimum atomic E-state index is 0.128. The third-order valence-corrected chi connectivity index (χ3v) is 3.49. The van der Waals surface area contributed by atoms with Crippen molar-refractivity contribution < 1.29 is 9.53 Å². The highest BCUT2D eigenvalue weighted by atomic mass is 16.5. The molecule has 1 aliphatic heterocycles. The summed E-state index contributed by atoms with van der Waals surface area (Å²) in [5, 5.41) is 3.55. The van der Waals surface area contributed by atoms with Gasteiger partial charge in [-0.2, -0.15) is 0 Å². The van der Waals surface area contributed by atoms with Crippen molar-refractivity contribution >= 4 is 5.91 Å². The van der Waals surface area contributed by atoms with Gasteiger partial charge in [-0.05, 0) is 18.9 Å². The first-order chi connectivity index (χ1) is 8.19. The Bertz CT molecular complexity index is 233. The number of nitrogens with zero attached hydrogens (tertiary/aromatic N) is 1. The molecule has 100 valence electrons. The molecule has 4 heteroatoms. The van der Waals surface area contributed by atoms with Gasteiger partial charge in [0.05, 0.1) is 6.61 Å². The highest BCUT2D eigenvalue weighted by molar-refractivity contribution is 5.78. The molecule has 4 nitrogen and oxygen atoms in total. The van der Waals surface area contributed by atoms with Crippen molar-refractivity contribution in [2.45, 2.75) is 39.7 Å². The maximum absolute atomic E-state index is 11.7. The molecule has 0 bridgehead atoms. The monoisotopic (exact) mass is 242 g/mol. The van der Waals surface area contributed by atoms with Gasteiger partial charge < -0.3 is 15.0 Å². The number of amides is 1. The lowest BCUT2D eigenvalue weighted by atomic mass is 9.98. The first-order valence-electron chi connectivity index (χ1n) is 6.77. The zero-order chi connectivity index (χ0) is 12.7. The van der Waals surface area contributed by atoms with Gasteiger partial charge in [-0.25, -0.2) is 0 Å². The van der Waals surface area contributed by atoms with Gasteiger partial charge in [0.25, 0.3) is 0 Å². The first kappa shape index (κ1) is 14.5. The summed E-state index contributed by atoms with van der Waals surface area (Å²) in [4.78, 5) is 13.6. The molecule has 1 aliphatic rings. The summed E-state index contributed by atoms with van der Waals surface area (Å²) in [6.07, 6.45) is 2.27. The number of nitrogens with one attached hydrogen (secondary N) is 1. The molecule has 17 heavy (non-hydrogen) atoms. The minimum absolute atomic E-state index is 0.128. The predicted molar refractivity (Wildman–Crippen MR) is 68.9 cm³/mol. The Hall–Kier alpha value is -0.610. The molecule has 0 aromatic rings. The summed E-state index contributed by atoms with van der Waals surface area (Å²) in [5.74, 6) is 0.722. The lowest BCUT2D eigenvalue weighted by molar-refractivity contribution is -0.143. The number of ether oxygens (including phenoxy) is 1. The van der Waals surface area contributed by atoms with E-state index in [9.17, 15) is 4.79 Å². The Morgan fingerprint density at radius 2 is 2.24 bits per heavy atom. The molecule has 1 amide bonds. The van der Waals surface area contributed by atoms with E-state index in [1.54, 1.807) is 0 Å². The molecule has 1 fully saturated rings. The number of carbonyl (C=O) groups is 1. The van der Waals surface area contributed by atoms with E-state index < -0.39 is 0 Å². The van der Waals surface area contributed by atoms with Gasteiger partial charge >= 0.3 is 0 Å². The summed E-state index contributed by atoms with van der Waals surface area (Å²) in [6, 6.07) is 0.405. The van der Waals surface area contributed by atoms with Crippen LogP contribution < -0.4 is 5.32 Å². The van der Waals surface area contributed by atoms with Crippen LogP contribution in [0.25, 0.3) is 0 Å². The van der Waals surface area contributed by atoms with Crippen LogP contribution in [0.1, 0.15) is 33.6 Å². The lowest BCUT2D eigenvalue weighted by Gasteiger charge is -2.33. The van der Waals surface area contributed by atoms with E-state index in [4.69, 9.17) is 4.74 Å². The Labute approximate surface area is 105 Å². The topological polar surface area (TPSA) is 41.6 Å². The average Bonchev–Trinajstić information content (AvgIpc) is 2.35. The molecule has 0 aromatic carbocycles. The van der Waals surface area contributed by atoms with Crippen LogP contribution in [0.5, 0.6) is 0 Å². The summed E-state index contributed by atoms with van der Waals surface area (Å²) in [6.45, 7) is 10.1. The normalized spacial score (nSPS) is 20.4. The van der Waals surface area contributed by atoms with Crippen LogP contribution in [0, 0.1) is 5.92 Å². The van der Waals surface area contributed by atoms with Gasteiger partial charge in [-0.1, -0.05) is 27.2 Å². The molecule has 1 saturated heterocycles. The van der Waals surface area contributed by atoms with Crippen molar-refractivity contribution in [1.29, 1.82) is 0 Å². The van der Waals surface area contributed by atoms with Crippen LogP contribution in [0.15, 0.2) is 0 Å². The number of hydrogen-bond acceptors (Lipinski definition) is 3. The van der Waals surface area contributed by atoms with E-state index in [2.05, 4.69) is 26.1 Å². The highest BCUT2D eigenvalue weighted by Gasteiger charge is 2.24. The van der Waals surface area contributed by atoms with E-state index in [0.29, 0.717) is 18.6 Å². The van der Waals surface area contributed by atoms with Crippen LogP contribution in [0.2, 0.25) is 0 Å². The fraction of sp³-hybridized carbons (Fsp3) is 0.923. The number of morpholine rings is 1. The van der Waals surface area contributed by atoms with Gasteiger partial charge in [0.1, 0.15) is 6.61 Å². The maximum atomic E-state index is 11.7. The molecule has 0 aromatic heterocycles. The largest absolute Gasteiger partial charge is 0.370 e. The van der Waals surface area contributed by atoms with E-state index >= 15 is 0 Å². The SMILES string of the molecule is CCCNC(CN1CCOCC1=O)C(C)CC. The first-order valence-corrected chi connectivity index (χ1v) is 6.77. The summed E-state index contributed by atoms with van der Waals surface area (Å²) < 4.78 is 5.15. The van der Waals surface area contributed by atoms with Crippen LogP contribution in [0.4, 0.5) is 0 Å². The summed E-state index contributed by atoms with van der Waals surface area (Å²) in [7, 11) is 0. The Morgan fingerprint density at radius 1 is 1.47 bits per heavy atom. The number of rotatable bonds is 7. The third-order valence-electron chi connectivity index (χ3n) is 3.49. The van der Waals surface area contributed by atoms with E-state index in [1.165, 1.54) is 0 Å². The zero-order valence-electron chi connectivity index (χ0n) is 11.4. The van der Waals surface area contributed by atoms with Gasteiger partial charge in [-0.3, -0.25) is 4.79 Å². The maximum Gasteiger partial charge on any atom is 0.248 e. The van der Waals surface area contributed by atoms with Crippen molar-refractivity contribution in [1.82, 2.24) is 10.2 Å². The second-order valence-electron chi connectivity index (χ2n) is 4.84. The second-order valence-corrected chi connectivity index (χ2v) is 4.84. The Balaban J connectivity index is 2.48. The second kappa shape index (κ2) is 7.67. The van der Waals surface area contributed by atoms with Crippen LogP contribution in [-0.4, -0.2) is 49.7 Å². The van der Waals surface area contributed by atoms with Gasteiger partial charge in [0, 0.05) is 19.1 Å².